The van der Waals surface area contributed by atoms with E-state index in [-0.39, 0.29) is 116 Å². The number of piperazine rings is 1. The second-order valence-electron chi connectivity index (χ2n) is 23.7. The molecule has 518 valence electrons. The molecule has 28 nitrogen and oxygen atoms in total. The number of aliphatic hydroxyl groups excluding tert-OH is 2. The molecule has 3 saturated heterocycles. The number of thioether (sulfide) groups is 1. The second kappa shape index (κ2) is 39.6. The number of amides is 5. The van der Waals surface area contributed by atoms with Crippen molar-refractivity contribution >= 4 is 70.1 Å². The zero-order valence-electron chi connectivity index (χ0n) is 53.3. The van der Waals surface area contributed by atoms with Crippen LogP contribution >= 0.6 is 11.8 Å². The Morgan fingerprint density at radius 1 is 0.734 bits per heavy atom. The van der Waals surface area contributed by atoms with Gasteiger partial charge in [0.15, 0.2) is 0 Å². The summed E-state index contributed by atoms with van der Waals surface area (Å²) in [5.74, 6) is -8.41. The normalized spacial score (nSPS) is 18.2. The van der Waals surface area contributed by atoms with Crippen molar-refractivity contribution in [2.45, 2.75) is 82.2 Å². The largest absolute Gasteiger partial charge is 0.494 e. The van der Waals surface area contributed by atoms with E-state index in [1.54, 1.807) is 48.8 Å². The van der Waals surface area contributed by atoms with Gasteiger partial charge in [-0.25, -0.2) is 8.78 Å². The van der Waals surface area contributed by atoms with Gasteiger partial charge in [-0.2, -0.15) is 17.0 Å². The number of carboxylic acids is 3. The van der Waals surface area contributed by atoms with Crippen molar-refractivity contribution in [1.82, 2.24) is 60.6 Å². The summed E-state index contributed by atoms with van der Waals surface area (Å²) < 4.78 is 39.7. The van der Waals surface area contributed by atoms with E-state index in [1.165, 1.54) is 35.2 Å². The Hall–Kier alpha value is -7.25. The lowest BCUT2D eigenvalue weighted by atomic mass is 10.1. The Bertz CT molecular complexity index is 2970. The highest BCUT2D eigenvalue weighted by Crippen LogP contribution is 2.32. The minimum Gasteiger partial charge on any atom is -0.494 e. The first kappa shape index (κ1) is 75.8. The molecule has 0 spiro atoms. The molecule has 1 aromatic heterocycles. The van der Waals surface area contributed by atoms with E-state index >= 15 is 0 Å². The van der Waals surface area contributed by atoms with Crippen LogP contribution in [0.2, 0.25) is 0 Å². The third kappa shape index (κ3) is 27.2. The van der Waals surface area contributed by atoms with Gasteiger partial charge in [0.2, 0.25) is 17.7 Å². The number of pyridine rings is 1. The average Bonchev–Trinajstić information content (AvgIpc) is 1.38. The van der Waals surface area contributed by atoms with E-state index < -0.39 is 97.3 Å². The number of nitriles is 1. The first-order chi connectivity index (χ1) is 45.0. The number of likely N-dealkylation sites (tertiary alicyclic amines) is 1. The first-order valence-electron chi connectivity index (χ1n) is 31.8. The molecule has 6 rings (SSSR count). The van der Waals surface area contributed by atoms with E-state index in [2.05, 4.69) is 55.4 Å². The van der Waals surface area contributed by atoms with Gasteiger partial charge in [-0.3, -0.25) is 73.2 Å². The topological polar surface area (TPSA) is 364 Å². The quantitative estimate of drug-likeness (QED) is 0.0270. The number of aliphatic hydroxyl groups is 2. The molecule has 4 heterocycles. The molecule has 3 fully saturated rings. The number of hydrogen-bond acceptors (Lipinski definition) is 21. The first-order valence-corrected chi connectivity index (χ1v) is 33.0. The van der Waals surface area contributed by atoms with E-state index in [0.29, 0.717) is 74.6 Å². The van der Waals surface area contributed by atoms with Crippen molar-refractivity contribution in [3.05, 3.63) is 71.4 Å². The number of benzene rings is 2. The fraction of sp³-hybridized carbons (Fsp3) is 0.619. The van der Waals surface area contributed by atoms with Crippen molar-refractivity contribution < 1.29 is 82.1 Å². The van der Waals surface area contributed by atoms with Crippen LogP contribution in [0, 0.1) is 18.3 Å². The van der Waals surface area contributed by atoms with E-state index in [4.69, 9.17) is 9.47 Å². The minimum atomic E-state index is -3.18. The van der Waals surface area contributed by atoms with Crippen LogP contribution < -0.4 is 26.0 Å². The lowest BCUT2D eigenvalue weighted by Gasteiger charge is -2.35. The minimum absolute atomic E-state index is 0.0608. The molecule has 0 bridgehead atoms. The van der Waals surface area contributed by atoms with Crippen molar-refractivity contribution in [2.24, 2.45) is 0 Å². The van der Waals surface area contributed by atoms with Crippen LogP contribution in [-0.2, 0) is 44.7 Å². The predicted octanol–water partition coefficient (Wildman–Crippen LogP) is -0.156. The third-order valence-electron chi connectivity index (χ3n) is 16.3. The number of fused-ring (bicyclic) bond motifs is 1. The van der Waals surface area contributed by atoms with E-state index in [9.17, 15) is 77.9 Å². The third-order valence-corrected chi connectivity index (χ3v) is 17.3. The maximum Gasteiger partial charge on any atom is 0.317 e. The van der Waals surface area contributed by atoms with Crippen LogP contribution in [0.15, 0.2) is 54.7 Å². The van der Waals surface area contributed by atoms with E-state index in [0.717, 1.165) is 30.7 Å². The number of hydrogen-bond donors (Lipinski definition) is 9. The standard InChI is InChI=1S/C63H91F2N13O15S/c1-45-7-9-46(10-8-45)5-4-6-54(80)68-16-33-92-32-14-52(71-55(81)39-73-19-21-74(40-57(83)84)23-25-76(42-59(87)88)26-24-75(22-20-73)41-58(85)86)61(90)69-17-34-94-43-53(79)62(91)77-29-27-72(28-30-77)18-2-3-31-93-48-11-12-51-50(35-48)49(13-15-67-51)60(89)70-38-56(82)78-44-63(64,65)36-47(78)37-66/h7-13,15,35,47,52-54,68,79-80H,2-6,14,16-34,36,38-44H2,1H3,(H,69,90)(H,70,89)(H,71,81)(H,83,84)(H,85,86)(H,87,88)/t47-,52?,53?,54?/m1/s1. The maximum atomic E-state index is 13.9. The molecular formula is C63H91F2N13O15S. The number of nitrogens with zero attached hydrogens (tertiary/aromatic N) is 9. The van der Waals surface area contributed by atoms with Gasteiger partial charge in [-0.05, 0) is 81.8 Å². The van der Waals surface area contributed by atoms with Crippen LogP contribution in [-0.4, -0.2) is 311 Å². The average molecular weight is 1340 g/mol. The summed E-state index contributed by atoms with van der Waals surface area (Å²) in [6.07, 6.45) is 2.30. The van der Waals surface area contributed by atoms with Crippen LogP contribution in [0.1, 0.15) is 60.0 Å². The molecule has 3 aromatic rings. The summed E-state index contributed by atoms with van der Waals surface area (Å²) in [5, 5.41) is 71.2. The van der Waals surface area contributed by atoms with Crippen molar-refractivity contribution in [2.75, 3.05) is 169 Å². The number of ether oxygens (including phenoxy) is 2. The molecular weight excluding hydrogens is 1250 g/mol. The van der Waals surface area contributed by atoms with Crippen LogP contribution in [0.5, 0.6) is 5.75 Å². The lowest BCUT2D eigenvalue weighted by molar-refractivity contribution is -0.141. The Kier molecular flexibility index (Phi) is 31.9. The van der Waals surface area contributed by atoms with Gasteiger partial charge in [0.05, 0.1) is 69.6 Å². The number of rotatable bonds is 36. The fourth-order valence-electron chi connectivity index (χ4n) is 11.1. The van der Waals surface area contributed by atoms with Gasteiger partial charge < -0.3 is 60.8 Å². The highest BCUT2D eigenvalue weighted by molar-refractivity contribution is 7.99. The number of unbranched alkanes of at least 4 members (excludes halogenated alkanes) is 1. The number of aryl methyl sites for hydroxylation is 2. The smallest absolute Gasteiger partial charge is 0.317 e. The Morgan fingerprint density at radius 2 is 1.35 bits per heavy atom. The molecule has 0 radical (unpaired) electrons. The lowest BCUT2D eigenvalue weighted by Crippen LogP contribution is -2.52. The molecule has 31 heteroatoms. The molecule has 3 aliphatic rings. The number of halogens is 2. The van der Waals surface area contributed by atoms with Gasteiger partial charge in [-0.1, -0.05) is 29.8 Å². The SMILES string of the molecule is Cc1ccc(CCCC(O)NCCOCCC(NC(=O)CN2CCN(CC(=O)O)CCN(CC(=O)O)CCN(CC(=O)O)CC2)C(=O)NCCSCC(O)C(=O)N2CCN(CCCCOc3ccc4nccc(C(=O)NCC(=O)N5CC(F)(F)C[C@@H]5C#N)c4c3)CC2)cc1. The van der Waals surface area contributed by atoms with E-state index in [1.807, 2.05) is 6.92 Å². The summed E-state index contributed by atoms with van der Waals surface area (Å²) in [4.78, 5) is 118. The molecule has 2 aromatic carbocycles. The zero-order chi connectivity index (χ0) is 68.0. The molecule has 9 N–H and O–H groups in total. The highest BCUT2D eigenvalue weighted by atomic mass is 32.2. The van der Waals surface area contributed by atoms with Gasteiger partial charge in [-0.15, -0.1) is 0 Å². The molecule has 0 saturated carbocycles. The number of aliphatic carboxylic acids is 3. The Labute approximate surface area is 550 Å². The summed E-state index contributed by atoms with van der Waals surface area (Å²) in [7, 11) is 0. The second-order valence-corrected chi connectivity index (χ2v) is 24.9. The number of alkyl halides is 2. The summed E-state index contributed by atoms with van der Waals surface area (Å²) in [5.41, 5.74) is 3.05. The number of carbonyl (C=O) groups excluding carboxylic acids is 5. The zero-order valence-corrected chi connectivity index (χ0v) is 54.2. The molecule has 4 atom stereocenters. The van der Waals surface area contributed by atoms with Crippen molar-refractivity contribution in [3.8, 4) is 11.8 Å². The van der Waals surface area contributed by atoms with Crippen molar-refractivity contribution in [1.29, 1.82) is 5.26 Å². The fourth-order valence-corrected chi connectivity index (χ4v) is 11.9. The number of carboxylic acid groups (broad SMARTS) is 3. The Morgan fingerprint density at radius 3 is 1.97 bits per heavy atom. The molecule has 3 unspecified atom stereocenters. The van der Waals surface area contributed by atoms with Crippen molar-refractivity contribution in [3.63, 3.8) is 0 Å². The summed E-state index contributed by atoms with van der Waals surface area (Å²) >= 11 is 1.27. The number of aromatic nitrogens is 1. The van der Waals surface area contributed by atoms with Gasteiger partial charge in [0, 0.05) is 128 Å². The molecule has 3 aliphatic heterocycles. The van der Waals surface area contributed by atoms with Crippen LogP contribution in [0.4, 0.5) is 8.78 Å². The predicted molar refractivity (Wildman–Crippen MR) is 343 cm³/mol. The molecule has 5 amide bonds. The Balaban J connectivity index is 0.919. The maximum absolute atomic E-state index is 13.9. The molecule has 94 heavy (non-hydrogen) atoms. The number of carbonyl (C=O) groups is 8. The highest BCUT2D eigenvalue weighted by Gasteiger charge is 2.47. The van der Waals surface area contributed by atoms with Gasteiger partial charge in [0.1, 0.15) is 30.2 Å². The van der Waals surface area contributed by atoms with Gasteiger partial charge >= 0.3 is 17.9 Å². The molecule has 0 aliphatic carbocycles. The monoisotopic (exact) mass is 1340 g/mol. The van der Waals surface area contributed by atoms with Crippen LogP contribution in [0.3, 0.4) is 0 Å². The summed E-state index contributed by atoms with van der Waals surface area (Å²) in [6, 6.07) is 14.2. The van der Waals surface area contributed by atoms with Gasteiger partial charge in [0.25, 0.3) is 17.7 Å². The summed E-state index contributed by atoms with van der Waals surface area (Å²) in [6.45, 7) is 4.76. The number of nitrogens with one attached hydrogen (secondary N) is 4. The van der Waals surface area contributed by atoms with Crippen LogP contribution in [0.25, 0.3) is 10.9 Å².